The molecule has 1 aromatic rings. The van der Waals surface area contributed by atoms with Crippen LogP contribution < -0.4 is 4.90 Å². The van der Waals surface area contributed by atoms with E-state index in [1.165, 1.54) is 0 Å². The fourth-order valence-electron chi connectivity index (χ4n) is 2.51. The van der Waals surface area contributed by atoms with E-state index < -0.39 is 5.97 Å². The molecule has 18 heavy (non-hydrogen) atoms. The van der Waals surface area contributed by atoms with Crippen molar-refractivity contribution in [3.8, 4) is 0 Å². The summed E-state index contributed by atoms with van der Waals surface area (Å²) in [6.45, 7) is 3.21. The lowest BCUT2D eigenvalue weighted by Crippen LogP contribution is -2.31. The summed E-state index contributed by atoms with van der Waals surface area (Å²) in [5.74, 6) is -0.301. The number of aryl methyl sites for hydroxylation is 2. The van der Waals surface area contributed by atoms with Crippen LogP contribution in [-0.4, -0.2) is 47.2 Å². The first-order valence-electron chi connectivity index (χ1n) is 6.10. The largest absolute Gasteiger partial charge is 0.477 e. The summed E-state index contributed by atoms with van der Waals surface area (Å²) in [5.41, 5.74) is 0.817. The zero-order chi connectivity index (χ0) is 13.3. The maximum Gasteiger partial charge on any atom is 0.341 e. The Labute approximate surface area is 106 Å². The first-order chi connectivity index (χ1) is 8.50. The van der Waals surface area contributed by atoms with Gasteiger partial charge in [-0.15, -0.1) is 0 Å². The van der Waals surface area contributed by atoms with Crippen LogP contribution in [0, 0.1) is 6.92 Å². The average molecular weight is 253 g/mol. The first kappa shape index (κ1) is 12.9. The quantitative estimate of drug-likeness (QED) is 0.868. The van der Waals surface area contributed by atoms with Crippen molar-refractivity contribution in [1.82, 2.24) is 9.78 Å². The summed E-state index contributed by atoms with van der Waals surface area (Å²) < 4.78 is 7.19. The first-order valence-corrected chi connectivity index (χ1v) is 6.10. The van der Waals surface area contributed by atoms with Crippen LogP contribution in [-0.2, 0) is 11.8 Å². The number of aromatic nitrogens is 2. The fraction of sp³-hybridized carbons (Fsp3) is 0.667. The number of likely N-dealkylation sites (N-methyl/N-ethyl adjacent to an activating group) is 1. The monoisotopic (exact) mass is 253 g/mol. The van der Waals surface area contributed by atoms with E-state index in [4.69, 9.17) is 4.74 Å². The van der Waals surface area contributed by atoms with Crippen LogP contribution in [0.25, 0.3) is 0 Å². The summed E-state index contributed by atoms with van der Waals surface area (Å²) in [5, 5.41) is 13.4. The molecule has 0 aromatic carbocycles. The van der Waals surface area contributed by atoms with E-state index in [0.29, 0.717) is 18.1 Å². The molecule has 6 nitrogen and oxygen atoms in total. The molecule has 1 unspecified atom stereocenters. The van der Waals surface area contributed by atoms with Crippen molar-refractivity contribution in [2.75, 3.05) is 25.1 Å². The Hall–Kier alpha value is -1.56. The van der Waals surface area contributed by atoms with Gasteiger partial charge in [0.05, 0.1) is 11.8 Å². The van der Waals surface area contributed by atoms with Gasteiger partial charge < -0.3 is 14.7 Å². The van der Waals surface area contributed by atoms with Crippen LogP contribution in [0.2, 0.25) is 0 Å². The molecule has 100 valence electrons. The van der Waals surface area contributed by atoms with Crippen molar-refractivity contribution >= 4 is 11.8 Å². The SMILES string of the molecule is Cc1nn(C)c(N(C)CC2CCCO2)c1C(=O)O. The molecule has 0 saturated carbocycles. The maximum absolute atomic E-state index is 11.3. The maximum atomic E-state index is 11.3. The van der Waals surface area contributed by atoms with Gasteiger partial charge >= 0.3 is 5.97 Å². The predicted octanol–water partition coefficient (Wildman–Crippen LogP) is 1.04. The highest BCUT2D eigenvalue weighted by Crippen LogP contribution is 2.24. The smallest absolute Gasteiger partial charge is 0.341 e. The number of nitrogens with zero attached hydrogens (tertiary/aromatic N) is 3. The molecule has 1 saturated heterocycles. The molecule has 0 spiro atoms. The van der Waals surface area contributed by atoms with E-state index in [2.05, 4.69) is 5.10 Å². The zero-order valence-corrected chi connectivity index (χ0v) is 11.0. The second kappa shape index (κ2) is 4.97. The number of carboxylic acids is 1. The van der Waals surface area contributed by atoms with Crippen molar-refractivity contribution < 1.29 is 14.6 Å². The molecule has 1 aliphatic heterocycles. The van der Waals surface area contributed by atoms with Crippen LogP contribution in [0.1, 0.15) is 28.9 Å². The zero-order valence-electron chi connectivity index (χ0n) is 11.0. The highest BCUT2D eigenvalue weighted by molar-refractivity contribution is 5.94. The number of hydrogen-bond donors (Lipinski definition) is 1. The van der Waals surface area contributed by atoms with Crippen LogP contribution in [0.15, 0.2) is 0 Å². The predicted molar refractivity (Wildman–Crippen MR) is 67.1 cm³/mol. The normalized spacial score (nSPS) is 19.2. The minimum Gasteiger partial charge on any atom is -0.477 e. The Morgan fingerprint density at radius 2 is 2.39 bits per heavy atom. The fourth-order valence-corrected chi connectivity index (χ4v) is 2.51. The Morgan fingerprint density at radius 3 is 2.94 bits per heavy atom. The van der Waals surface area contributed by atoms with Crippen molar-refractivity contribution in [2.45, 2.75) is 25.9 Å². The Kier molecular flexibility index (Phi) is 3.56. The van der Waals surface area contributed by atoms with E-state index in [0.717, 1.165) is 19.4 Å². The number of hydrogen-bond acceptors (Lipinski definition) is 4. The molecule has 6 heteroatoms. The summed E-state index contributed by atoms with van der Waals surface area (Å²) in [4.78, 5) is 13.2. The molecule has 0 aliphatic carbocycles. The Balaban J connectivity index is 2.23. The Morgan fingerprint density at radius 1 is 1.67 bits per heavy atom. The highest BCUT2D eigenvalue weighted by atomic mass is 16.5. The summed E-state index contributed by atoms with van der Waals surface area (Å²) in [6, 6.07) is 0. The number of aromatic carboxylic acids is 1. The van der Waals surface area contributed by atoms with Gasteiger partial charge in [0.15, 0.2) is 0 Å². The third-order valence-electron chi connectivity index (χ3n) is 3.27. The molecule has 0 radical (unpaired) electrons. The van der Waals surface area contributed by atoms with Gasteiger partial charge in [0.25, 0.3) is 0 Å². The lowest BCUT2D eigenvalue weighted by Gasteiger charge is -2.23. The third-order valence-corrected chi connectivity index (χ3v) is 3.27. The molecular weight excluding hydrogens is 234 g/mol. The lowest BCUT2D eigenvalue weighted by atomic mass is 10.2. The molecule has 1 aliphatic rings. The van der Waals surface area contributed by atoms with Crippen LogP contribution >= 0.6 is 0 Å². The van der Waals surface area contributed by atoms with Gasteiger partial charge in [-0.2, -0.15) is 5.10 Å². The summed E-state index contributed by atoms with van der Waals surface area (Å²) in [6.07, 6.45) is 2.30. The number of carbonyl (C=O) groups is 1. The van der Waals surface area contributed by atoms with E-state index in [1.54, 1.807) is 18.7 Å². The number of anilines is 1. The van der Waals surface area contributed by atoms with E-state index >= 15 is 0 Å². The van der Waals surface area contributed by atoms with Crippen molar-refractivity contribution in [3.63, 3.8) is 0 Å². The van der Waals surface area contributed by atoms with Gasteiger partial charge in [-0.05, 0) is 19.8 Å². The molecule has 2 rings (SSSR count). The second-order valence-corrected chi connectivity index (χ2v) is 4.73. The van der Waals surface area contributed by atoms with Gasteiger partial charge in [-0.25, -0.2) is 4.79 Å². The molecule has 0 bridgehead atoms. The van der Waals surface area contributed by atoms with E-state index in [-0.39, 0.29) is 11.7 Å². The number of carboxylic acid groups (broad SMARTS) is 1. The van der Waals surface area contributed by atoms with Gasteiger partial charge in [0.2, 0.25) is 0 Å². The molecule has 1 atom stereocenters. The number of ether oxygens (including phenoxy) is 1. The molecule has 0 amide bonds. The minimum atomic E-state index is -0.935. The molecule has 1 fully saturated rings. The second-order valence-electron chi connectivity index (χ2n) is 4.73. The van der Waals surface area contributed by atoms with Crippen molar-refractivity contribution in [1.29, 1.82) is 0 Å². The van der Waals surface area contributed by atoms with Crippen LogP contribution in [0.4, 0.5) is 5.82 Å². The van der Waals surface area contributed by atoms with Crippen molar-refractivity contribution in [2.24, 2.45) is 7.05 Å². The third kappa shape index (κ3) is 2.33. The summed E-state index contributed by atoms with van der Waals surface area (Å²) in [7, 11) is 3.64. The Bertz CT molecular complexity index is 450. The van der Waals surface area contributed by atoms with Gasteiger partial charge in [-0.3, -0.25) is 4.68 Å². The minimum absolute atomic E-state index is 0.187. The van der Waals surface area contributed by atoms with Crippen LogP contribution in [0.3, 0.4) is 0 Å². The van der Waals surface area contributed by atoms with Crippen molar-refractivity contribution in [3.05, 3.63) is 11.3 Å². The highest BCUT2D eigenvalue weighted by Gasteiger charge is 2.25. The van der Waals surface area contributed by atoms with E-state index in [1.807, 2.05) is 11.9 Å². The topological polar surface area (TPSA) is 67.6 Å². The average Bonchev–Trinajstić information content (AvgIpc) is 2.85. The van der Waals surface area contributed by atoms with Crippen LogP contribution in [0.5, 0.6) is 0 Å². The molecule has 2 heterocycles. The van der Waals surface area contributed by atoms with Gasteiger partial charge in [-0.1, -0.05) is 0 Å². The standard InChI is InChI=1S/C12H19N3O3/c1-8-10(12(16)17)11(15(3)13-8)14(2)7-9-5-4-6-18-9/h9H,4-7H2,1-3H3,(H,16,17). The number of rotatable bonds is 4. The molecular formula is C12H19N3O3. The van der Waals surface area contributed by atoms with Gasteiger partial charge in [0.1, 0.15) is 11.4 Å². The molecule has 1 aromatic heterocycles. The van der Waals surface area contributed by atoms with Gasteiger partial charge in [0, 0.05) is 27.2 Å². The van der Waals surface area contributed by atoms with E-state index in [9.17, 15) is 9.90 Å². The lowest BCUT2D eigenvalue weighted by molar-refractivity contribution is 0.0696. The molecule has 1 N–H and O–H groups in total. The summed E-state index contributed by atoms with van der Waals surface area (Å²) >= 11 is 0.